The molecule has 0 saturated carbocycles. The molecule has 29 heavy (non-hydrogen) atoms. The fourth-order valence-electron chi connectivity index (χ4n) is 3.84. The number of nitrogens with zero attached hydrogens (tertiary/aromatic N) is 2. The molecular formula is C24H33N3O2. The van der Waals surface area contributed by atoms with Crippen LogP contribution in [-0.4, -0.2) is 28.5 Å². The van der Waals surface area contributed by atoms with Crippen LogP contribution in [0.3, 0.4) is 0 Å². The van der Waals surface area contributed by atoms with Crippen molar-refractivity contribution in [3.8, 4) is 0 Å². The van der Waals surface area contributed by atoms with Crippen molar-refractivity contribution < 1.29 is 4.79 Å². The Labute approximate surface area is 173 Å². The summed E-state index contributed by atoms with van der Waals surface area (Å²) in [6, 6.07) is 9.77. The predicted molar refractivity (Wildman–Crippen MR) is 118 cm³/mol. The van der Waals surface area contributed by atoms with E-state index < -0.39 is 0 Å². The second-order valence-electron chi connectivity index (χ2n) is 8.50. The molecule has 2 heterocycles. The third-order valence-corrected chi connectivity index (χ3v) is 5.66. The van der Waals surface area contributed by atoms with Crippen molar-refractivity contribution >= 4 is 11.6 Å². The number of para-hydroxylation sites is 1. The maximum absolute atomic E-state index is 13.1. The number of amides is 1. The van der Waals surface area contributed by atoms with Crippen molar-refractivity contribution in [3.63, 3.8) is 0 Å². The zero-order valence-electron chi connectivity index (χ0n) is 17.9. The lowest BCUT2D eigenvalue weighted by Crippen LogP contribution is -2.31. The molecule has 5 heteroatoms. The molecule has 0 radical (unpaired) electrons. The van der Waals surface area contributed by atoms with Crippen LogP contribution in [0.5, 0.6) is 0 Å². The van der Waals surface area contributed by atoms with Gasteiger partial charge >= 0.3 is 0 Å². The molecule has 1 aromatic heterocycles. The molecule has 0 spiro atoms. The molecule has 1 N–H and O–H groups in total. The van der Waals surface area contributed by atoms with Gasteiger partial charge in [-0.1, -0.05) is 38.5 Å². The van der Waals surface area contributed by atoms with Gasteiger partial charge < -0.3 is 9.88 Å². The first-order valence-corrected chi connectivity index (χ1v) is 10.8. The van der Waals surface area contributed by atoms with Crippen molar-refractivity contribution in [1.29, 1.82) is 0 Å². The van der Waals surface area contributed by atoms with Crippen LogP contribution in [0, 0.1) is 12.8 Å². The maximum atomic E-state index is 13.1. The minimum Gasteiger partial charge on any atom is -0.322 e. The van der Waals surface area contributed by atoms with Gasteiger partial charge in [0.15, 0.2) is 0 Å². The minimum atomic E-state index is -0.322. The predicted octanol–water partition coefficient (Wildman–Crippen LogP) is 4.44. The molecule has 0 unspecified atom stereocenters. The van der Waals surface area contributed by atoms with Gasteiger partial charge in [-0.2, -0.15) is 0 Å². The molecule has 3 rings (SSSR count). The highest BCUT2D eigenvalue weighted by molar-refractivity contribution is 6.05. The van der Waals surface area contributed by atoms with Crippen molar-refractivity contribution in [2.75, 3.05) is 18.4 Å². The lowest BCUT2D eigenvalue weighted by Gasteiger charge is -2.27. The first kappa shape index (κ1) is 21.3. The zero-order chi connectivity index (χ0) is 20.8. The van der Waals surface area contributed by atoms with Gasteiger partial charge in [0.05, 0.1) is 0 Å². The average Bonchev–Trinajstić information content (AvgIpc) is 2.69. The normalized spacial score (nSPS) is 14.9. The van der Waals surface area contributed by atoms with E-state index in [2.05, 4.69) is 30.1 Å². The van der Waals surface area contributed by atoms with Crippen molar-refractivity contribution in [3.05, 3.63) is 63.6 Å². The molecule has 0 bridgehead atoms. The summed E-state index contributed by atoms with van der Waals surface area (Å²) in [5.74, 6) is 0.180. The smallest absolute Gasteiger partial charge is 0.263 e. The van der Waals surface area contributed by atoms with Gasteiger partial charge in [0, 0.05) is 25.0 Å². The van der Waals surface area contributed by atoms with E-state index in [1.54, 1.807) is 10.8 Å². The number of aryl methyl sites for hydroxylation is 2. The fraction of sp³-hybridized carbons (Fsp3) is 0.500. The van der Waals surface area contributed by atoms with Crippen LogP contribution >= 0.6 is 0 Å². The van der Waals surface area contributed by atoms with E-state index in [1.165, 1.54) is 19.3 Å². The Morgan fingerprint density at radius 2 is 1.83 bits per heavy atom. The highest BCUT2D eigenvalue weighted by Gasteiger charge is 2.18. The summed E-state index contributed by atoms with van der Waals surface area (Å²) in [5, 5.41) is 3.01. The lowest BCUT2D eigenvalue weighted by atomic mass is 10.1. The number of carbonyl (C=O) groups excluding carboxylic acids is 1. The van der Waals surface area contributed by atoms with Crippen molar-refractivity contribution in [2.24, 2.45) is 5.92 Å². The Morgan fingerprint density at radius 3 is 2.55 bits per heavy atom. The lowest BCUT2D eigenvalue weighted by molar-refractivity contribution is 0.102. The molecule has 2 aromatic rings. The van der Waals surface area contributed by atoms with Crippen LogP contribution in [-0.2, 0) is 13.1 Å². The van der Waals surface area contributed by atoms with E-state index >= 15 is 0 Å². The number of rotatable bonds is 7. The van der Waals surface area contributed by atoms with Crippen LogP contribution in [0.2, 0.25) is 0 Å². The molecule has 1 aromatic carbocycles. The summed E-state index contributed by atoms with van der Waals surface area (Å²) in [6.07, 6.45) is 6.45. The number of benzene rings is 1. The van der Waals surface area contributed by atoms with E-state index in [1.807, 2.05) is 31.2 Å². The largest absolute Gasteiger partial charge is 0.322 e. The highest BCUT2D eigenvalue weighted by atomic mass is 16.2. The number of likely N-dealkylation sites (tertiary alicyclic amines) is 1. The number of hydrogen-bond donors (Lipinski definition) is 1. The van der Waals surface area contributed by atoms with E-state index in [0.29, 0.717) is 18.0 Å². The van der Waals surface area contributed by atoms with E-state index in [-0.39, 0.29) is 17.0 Å². The van der Waals surface area contributed by atoms with Gasteiger partial charge in [0.25, 0.3) is 11.5 Å². The number of carbonyl (C=O) groups is 1. The number of piperidine rings is 1. The Balaban J connectivity index is 1.80. The van der Waals surface area contributed by atoms with Gasteiger partial charge in [-0.15, -0.1) is 0 Å². The monoisotopic (exact) mass is 395 g/mol. The molecule has 1 amide bonds. The second kappa shape index (κ2) is 9.88. The molecule has 0 atom stereocenters. The first-order valence-electron chi connectivity index (χ1n) is 10.8. The molecule has 1 fully saturated rings. The molecule has 1 saturated heterocycles. The highest BCUT2D eigenvalue weighted by Crippen LogP contribution is 2.20. The van der Waals surface area contributed by atoms with E-state index in [9.17, 15) is 9.59 Å². The third kappa shape index (κ3) is 5.57. The summed E-state index contributed by atoms with van der Waals surface area (Å²) in [6.45, 7) is 9.73. The molecular weight excluding hydrogens is 362 g/mol. The number of pyridine rings is 1. The van der Waals surface area contributed by atoms with Crippen molar-refractivity contribution in [1.82, 2.24) is 9.47 Å². The Morgan fingerprint density at radius 1 is 1.10 bits per heavy atom. The average molecular weight is 396 g/mol. The van der Waals surface area contributed by atoms with Crippen LogP contribution in [0.25, 0.3) is 0 Å². The molecule has 1 aliphatic heterocycles. The van der Waals surface area contributed by atoms with E-state index in [0.717, 1.165) is 37.3 Å². The molecule has 1 aliphatic rings. The number of anilines is 1. The topological polar surface area (TPSA) is 54.3 Å². The SMILES string of the molecule is Cc1ccn(CCC(C)C)c(=O)c1C(=O)Nc1ccccc1CN1CCCCC1. The summed E-state index contributed by atoms with van der Waals surface area (Å²) in [5.41, 5.74) is 2.62. The van der Waals surface area contributed by atoms with Crippen LogP contribution in [0.15, 0.2) is 41.3 Å². The van der Waals surface area contributed by atoms with Crippen LogP contribution in [0.1, 0.15) is 61.0 Å². The molecule has 5 nitrogen and oxygen atoms in total. The Hall–Kier alpha value is -2.40. The Kier molecular flexibility index (Phi) is 7.26. The second-order valence-corrected chi connectivity index (χ2v) is 8.50. The van der Waals surface area contributed by atoms with Gasteiger partial charge in [-0.3, -0.25) is 14.5 Å². The Bertz CT molecular complexity index is 895. The number of nitrogens with one attached hydrogen (secondary N) is 1. The minimum absolute atomic E-state index is 0.211. The van der Waals surface area contributed by atoms with Crippen LogP contribution in [0.4, 0.5) is 5.69 Å². The van der Waals surface area contributed by atoms with Gasteiger partial charge in [0.1, 0.15) is 5.56 Å². The molecule has 0 aliphatic carbocycles. The number of aromatic nitrogens is 1. The van der Waals surface area contributed by atoms with Gasteiger partial charge in [-0.25, -0.2) is 0 Å². The fourth-order valence-corrected chi connectivity index (χ4v) is 3.84. The first-order chi connectivity index (χ1) is 14.0. The quantitative estimate of drug-likeness (QED) is 0.754. The zero-order valence-corrected chi connectivity index (χ0v) is 17.9. The summed E-state index contributed by atoms with van der Waals surface area (Å²) in [4.78, 5) is 28.4. The van der Waals surface area contributed by atoms with Gasteiger partial charge in [-0.05, 0) is 68.5 Å². The molecule has 156 valence electrons. The standard InChI is InChI=1S/C24H33N3O2/c1-18(2)11-15-27-16-12-19(3)22(24(27)29)23(28)25-21-10-6-5-9-20(21)17-26-13-7-4-8-14-26/h5-6,9-10,12,16,18H,4,7-8,11,13-15,17H2,1-3H3,(H,25,28). The maximum Gasteiger partial charge on any atom is 0.263 e. The number of hydrogen-bond acceptors (Lipinski definition) is 3. The summed E-state index contributed by atoms with van der Waals surface area (Å²) in [7, 11) is 0. The van der Waals surface area contributed by atoms with Gasteiger partial charge in [0.2, 0.25) is 0 Å². The van der Waals surface area contributed by atoms with E-state index in [4.69, 9.17) is 0 Å². The summed E-state index contributed by atoms with van der Waals surface area (Å²) < 4.78 is 1.65. The third-order valence-electron chi connectivity index (χ3n) is 5.66. The summed E-state index contributed by atoms with van der Waals surface area (Å²) >= 11 is 0. The van der Waals surface area contributed by atoms with Crippen LogP contribution < -0.4 is 10.9 Å². The van der Waals surface area contributed by atoms with Crippen molar-refractivity contribution in [2.45, 2.75) is 59.5 Å².